The van der Waals surface area contributed by atoms with E-state index in [4.69, 9.17) is 17.0 Å². The molecule has 1 aromatic heterocycles. The minimum atomic E-state index is -0.484. The van der Waals surface area contributed by atoms with Gasteiger partial charge in [-0.2, -0.15) is 5.10 Å². The number of thiocarbonyl (C=S) groups is 1. The predicted octanol–water partition coefficient (Wildman–Crippen LogP) is 1.20. The number of benzene rings is 1. The molecule has 0 spiro atoms. The normalized spacial score (nSPS) is 9.92. The van der Waals surface area contributed by atoms with Gasteiger partial charge in [-0.15, -0.1) is 0 Å². The average Bonchev–Trinajstić information content (AvgIpc) is 2.98. The van der Waals surface area contributed by atoms with Gasteiger partial charge < -0.3 is 4.74 Å². The molecule has 0 bridgehead atoms. The van der Waals surface area contributed by atoms with Crippen LogP contribution in [0.25, 0.3) is 0 Å². The van der Waals surface area contributed by atoms with Gasteiger partial charge in [0.15, 0.2) is 17.4 Å². The molecule has 1 heterocycles. The zero-order valence-corrected chi connectivity index (χ0v) is 15.0. The number of amides is 2. The largest absolute Gasteiger partial charge is 0.484 e. The molecule has 0 aliphatic carbocycles. The molecule has 0 aliphatic heterocycles. The van der Waals surface area contributed by atoms with Gasteiger partial charge >= 0.3 is 0 Å². The van der Waals surface area contributed by atoms with Crippen molar-refractivity contribution in [2.75, 3.05) is 6.61 Å². The number of H-pyrrole nitrogens is 1. The Morgan fingerprint density at radius 3 is 2.62 bits per heavy atom. The Kier molecular flexibility index (Phi) is 6.27. The van der Waals surface area contributed by atoms with Crippen molar-refractivity contribution in [3.8, 4) is 5.75 Å². The molecule has 2 amide bonds. The van der Waals surface area contributed by atoms with E-state index in [1.165, 1.54) is 0 Å². The molecule has 1 aromatic carbocycles. The van der Waals surface area contributed by atoms with Gasteiger partial charge in [-0.1, -0.05) is 15.9 Å². The van der Waals surface area contributed by atoms with Crippen LogP contribution < -0.4 is 20.9 Å². The monoisotopic (exact) mass is 411 g/mol. The van der Waals surface area contributed by atoms with Crippen molar-refractivity contribution in [1.82, 2.24) is 26.4 Å². The molecule has 10 heteroatoms. The Labute approximate surface area is 151 Å². The molecular weight excluding hydrogens is 398 g/mol. The summed E-state index contributed by atoms with van der Waals surface area (Å²) in [7, 11) is 0. The van der Waals surface area contributed by atoms with E-state index in [1.54, 1.807) is 37.3 Å². The Balaban J connectivity index is 1.70. The van der Waals surface area contributed by atoms with Crippen molar-refractivity contribution in [3.05, 3.63) is 46.2 Å². The number of nitrogens with one attached hydrogen (secondary N) is 4. The Hall–Kier alpha value is -2.46. The molecular formula is C14H14BrN5O3S. The van der Waals surface area contributed by atoms with Crippen molar-refractivity contribution in [3.63, 3.8) is 0 Å². The van der Waals surface area contributed by atoms with E-state index < -0.39 is 11.8 Å². The predicted molar refractivity (Wildman–Crippen MR) is 94.3 cm³/mol. The lowest BCUT2D eigenvalue weighted by Crippen LogP contribution is -2.49. The van der Waals surface area contributed by atoms with E-state index in [0.29, 0.717) is 5.75 Å². The first-order chi connectivity index (χ1) is 11.4. The van der Waals surface area contributed by atoms with Crippen LogP contribution in [0, 0.1) is 6.92 Å². The number of halogens is 1. The number of rotatable bonds is 4. The van der Waals surface area contributed by atoms with E-state index in [-0.39, 0.29) is 17.4 Å². The number of aromatic amines is 1. The van der Waals surface area contributed by atoms with Gasteiger partial charge in [-0.05, 0) is 49.5 Å². The lowest BCUT2D eigenvalue weighted by molar-refractivity contribution is -0.121. The number of hydrazine groups is 1. The molecule has 126 valence electrons. The maximum atomic E-state index is 11.7. The third-order valence-corrected chi connectivity index (χ3v) is 3.40. The summed E-state index contributed by atoms with van der Waals surface area (Å²) in [5.74, 6) is -0.392. The number of hydrogen-bond donors (Lipinski definition) is 4. The highest BCUT2D eigenvalue weighted by molar-refractivity contribution is 9.10. The number of aromatic nitrogens is 2. The molecule has 0 saturated carbocycles. The zero-order valence-electron chi connectivity index (χ0n) is 12.6. The molecule has 0 unspecified atom stereocenters. The fourth-order valence-corrected chi connectivity index (χ4v) is 2.01. The Morgan fingerprint density at radius 1 is 1.29 bits per heavy atom. The summed E-state index contributed by atoms with van der Waals surface area (Å²) in [5, 5.41) is 8.76. The number of carbonyl (C=O) groups excluding carboxylic acids is 2. The lowest BCUT2D eigenvalue weighted by atomic mass is 10.3. The second-order valence-electron chi connectivity index (χ2n) is 4.64. The van der Waals surface area contributed by atoms with Crippen LogP contribution >= 0.6 is 28.1 Å². The number of hydrogen-bond acceptors (Lipinski definition) is 5. The molecule has 24 heavy (non-hydrogen) atoms. The first kappa shape index (κ1) is 17.9. The summed E-state index contributed by atoms with van der Waals surface area (Å²) in [6, 6.07) is 8.61. The first-order valence-corrected chi connectivity index (χ1v) is 7.94. The van der Waals surface area contributed by atoms with Crippen molar-refractivity contribution >= 4 is 45.1 Å². The second-order valence-corrected chi connectivity index (χ2v) is 5.96. The maximum Gasteiger partial charge on any atom is 0.290 e. The van der Waals surface area contributed by atoms with Crippen LogP contribution in [0.2, 0.25) is 0 Å². The second kappa shape index (κ2) is 8.41. The third-order valence-electron chi connectivity index (χ3n) is 2.66. The number of aryl methyl sites for hydroxylation is 1. The third kappa shape index (κ3) is 5.63. The standard InChI is InChI=1S/C14H14BrN5O3S/c1-8-6-11(18-17-8)13(22)19-20-14(24)16-12(21)7-23-10-4-2-9(15)3-5-10/h2-6H,7H2,1H3,(H,17,18)(H,19,22)(H2,16,20,21,24). The van der Waals surface area contributed by atoms with E-state index in [2.05, 4.69) is 42.3 Å². The van der Waals surface area contributed by atoms with Gasteiger partial charge in [-0.25, -0.2) is 0 Å². The highest BCUT2D eigenvalue weighted by Crippen LogP contribution is 2.15. The van der Waals surface area contributed by atoms with Crippen LogP contribution in [-0.4, -0.2) is 33.7 Å². The molecule has 0 atom stereocenters. The van der Waals surface area contributed by atoms with Crippen LogP contribution in [-0.2, 0) is 4.79 Å². The van der Waals surface area contributed by atoms with E-state index in [1.807, 2.05) is 0 Å². The average molecular weight is 412 g/mol. The summed E-state index contributed by atoms with van der Waals surface area (Å²) in [6.45, 7) is 1.56. The highest BCUT2D eigenvalue weighted by atomic mass is 79.9. The van der Waals surface area contributed by atoms with Crippen molar-refractivity contribution in [1.29, 1.82) is 0 Å². The summed E-state index contributed by atoms with van der Waals surface area (Å²) in [5.41, 5.74) is 5.69. The molecule has 0 saturated heterocycles. The van der Waals surface area contributed by atoms with Gasteiger partial charge in [0.05, 0.1) is 0 Å². The van der Waals surface area contributed by atoms with Gasteiger partial charge in [-0.3, -0.25) is 30.9 Å². The smallest absolute Gasteiger partial charge is 0.290 e. The molecule has 0 radical (unpaired) electrons. The summed E-state index contributed by atoms with van der Waals surface area (Å²) in [6.07, 6.45) is 0. The minimum Gasteiger partial charge on any atom is -0.484 e. The van der Waals surface area contributed by atoms with Gasteiger partial charge in [0, 0.05) is 10.2 Å². The summed E-state index contributed by atoms with van der Waals surface area (Å²) in [4.78, 5) is 23.4. The van der Waals surface area contributed by atoms with Crippen molar-refractivity contribution in [2.45, 2.75) is 6.92 Å². The number of ether oxygens (including phenoxy) is 1. The highest BCUT2D eigenvalue weighted by Gasteiger charge is 2.10. The molecule has 8 nitrogen and oxygen atoms in total. The van der Waals surface area contributed by atoms with Crippen LogP contribution in [0.4, 0.5) is 0 Å². The van der Waals surface area contributed by atoms with Crippen molar-refractivity contribution in [2.24, 2.45) is 0 Å². The molecule has 0 fully saturated rings. The quantitative estimate of drug-likeness (QED) is 0.444. The van der Waals surface area contributed by atoms with E-state index in [0.717, 1.165) is 10.2 Å². The SMILES string of the molecule is Cc1cc(C(=O)NNC(=S)NC(=O)COc2ccc(Br)cc2)n[nH]1. The fraction of sp³-hybridized carbons (Fsp3) is 0.143. The minimum absolute atomic E-state index is 0.0555. The van der Waals surface area contributed by atoms with E-state index >= 15 is 0 Å². The Bertz CT molecular complexity index is 747. The molecule has 2 aromatic rings. The van der Waals surface area contributed by atoms with Crippen LogP contribution in [0.5, 0.6) is 5.75 Å². The van der Waals surface area contributed by atoms with Crippen LogP contribution in [0.15, 0.2) is 34.8 Å². The van der Waals surface area contributed by atoms with Crippen LogP contribution in [0.3, 0.4) is 0 Å². The van der Waals surface area contributed by atoms with E-state index in [9.17, 15) is 9.59 Å². The number of nitrogens with zero attached hydrogens (tertiary/aromatic N) is 1. The number of carbonyl (C=O) groups is 2. The molecule has 0 aliphatic rings. The Morgan fingerprint density at radius 2 is 2.00 bits per heavy atom. The molecule has 4 N–H and O–H groups in total. The zero-order chi connectivity index (χ0) is 17.5. The molecule has 2 rings (SSSR count). The summed E-state index contributed by atoms with van der Waals surface area (Å²) < 4.78 is 6.21. The topological polar surface area (TPSA) is 108 Å². The maximum absolute atomic E-state index is 11.7. The van der Waals surface area contributed by atoms with Gasteiger partial charge in [0.1, 0.15) is 5.75 Å². The summed E-state index contributed by atoms with van der Waals surface area (Å²) >= 11 is 8.21. The van der Waals surface area contributed by atoms with Crippen molar-refractivity contribution < 1.29 is 14.3 Å². The lowest BCUT2D eigenvalue weighted by Gasteiger charge is -2.10. The van der Waals surface area contributed by atoms with Gasteiger partial charge in [0.25, 0.3) is 11.8 Å². The first-order valence-electron chi connectivity index (χ1n) is 6.74. The fourth-order valence-electron chi connectivity index (χ4n) is 1.59. The van der Waals surface area contributed by atoms with Gasteiger partial charge in [0.2, 0.25) is 0 Å². The van der Waals surface area contributed by atoms with Crippen LogP contribution in [0.1, 0.15) is 16.2 Å².